The molecule has 2 rings (SSSR count). The highest BCUT2D eigenvalue weighted by Crippen LogP contribution is 2.15. The Morgan fingerprint density at radius 3 is 2.47 bits per heavy atom. The van der Waals surface area contributed by atoms with Gasteiger partial charge in [-0.2, -0.15) is 0 Å². The van der Waals surface area contributed by atoms with Gasteiger partial charge in [0.1, 0.15) is 0 Å². The summed E-state index contributed by atoms with van der Waals surface area (Å²) < 4.78 is -0.279. The quantitative estimate of drug-likeness (QED) is 0.641. The molecule has 0 radical (unpaired) electrons. The Balaban J connectivity index is 1.87. The Kier molecular flexibility index (Phi) is 3.76. The number of hydroxylamine groups is 3. The molecule has 0 atom stereocenters. The zero-order valence-electron chi connectivity index (χ0n) is 9.89. The van der Waals surface area contributed by atoms with Crippen LogP contribution in [0.1, 0.15) is 29.6 Å². The number of rotatable bonds is 3. The minimum atomic E-state index is -0.279. The van der Waals surface area contributed by atoms with Gasteiger partial charge in [0.25, 0.3) is 5.91 Å². The van der Waals surface area contributed by atoms with Gasteiger partial charge in [0.15, 0.2) is 6.67 Å². The summed E-state index contributed by atoms with van der Waals surface area (Å²) in [6.07, 6.45) is 3.06. The first-order valence-corrected chi connectivity index (χ1v) is 6.10. The lowest BCUT2D eigenvalue weighted by atomic mass is 10.1. The number of hydrogen-bond acceptors (Lipinski definition) is 2. The standard InChI is InChI=1S/C13H18N2O2/c16-13(12-7-3-1-4-8-12)14-11-15(17)9-5-2-6-10-15/h1,3-4,7-8H,2,5-6,9-11H2,(H,14,16). The molecule has 1 amide bonds. The van der Waals surface area contributed by atoms with E-state index in [2.05, 4.69) is 5.32 Å². The van der Waals surface area contributed by atoms with Crippen LogP contribution in [0.2, 0.25) is 0 Å². The zero-order valence-corrected chi connectivity index (χ0v) is 9.89. The molecule has 1 saturated heterocycles. The number of nitrogens with one attached hydrogen (secondary N) is 1. The van der Waals surface area contributed by atoms with E-state index < -0.39 is 0 Å². The van der Waals surface area contributed by atoms with Gasteiger partial charge in [-0.1, -0.05) is 18.2 Å². The van der Waals surface area contributed by atoms with Crippen molar-refractivity contribution in [2.75, 3.05) is 19.8 Å². The van der Waals surface area contributed by atoms with Gasteiger partial charge >= 0.3 is 0 Å². The van der Waals surface area contributed by atoms with E-state index in [1.54, 1.807) is 12.1 Å². The van der Waals surface area contributed by atoms with Gasteiger partial charge in [0.2, 0.25) is 0 Å². The fraction of sp³-hybridized carbons (Fsp3) is 0.462. The monoisotopic (exact) mass is 234 g/mol. The van der Waals surface area contributed by atoms with E-state index in [0.717, 1.165) is 19.3 Å². The van der Waals surface area contributed by atoms with E-state index in [0.29, 0.717) is 18.7 Å². The Bertz CT molecular complexity index is 372. The van der Waals surface area contributed by atoms with Crippen LogP contribution in [0.25, 0.3) is 0 Å². The molecule has 0 saturated carbocycles. The number of quaternary nitrogens is 1. The van der Waals surface area contributed by atoms with Crippen LogP contribution in [0.3, 0.4) is 0 Å². The van der Waals surface area contributed by atoms with Gasteiger partial charge in [0, 0.05) is 5.56 Å². The largest absolute Gasteiger partial charge is 0.631 e. The zero-order chi connectivity index (χ0) is 12.1. The summed E-state index contributed by atoms with van der Waals surface area (Å²) in [5, 5.41) is 14.9. The number of carbonyl (C=O) groups is 1. The number of likely N-dealkylation sites (tertiary alicyclic amines) is 1. The number of hydrogen-bond donors (Lipinski definition) is 1. The smallest absolute Gasteiger partial charge is 0.255 e. The molecule has 1 fully saturated rings. The van der Waals surface area contributed by atoms with E-state index in [1.807, 2.05) is 18.2 Å². The molecule has 1 aliphatic heterocycles. The van der Waals surface area contributed by atoms with Crippen LogP contribution >= 0.6 is 0 Å². The van der Waals surface area contributed by atoms with Crippen LogP contribution in [0.5, 0.6) is 0 Å². The average Bonchev–Trinajstić information content (AvgIpc) is 2.38. The highest BCUT2D eigenvalue weighted by molar-refractivity contribution is 5.93. The summed E-state index contributed by atoms with van der Waals surface area (Å²) in [6, 6.07) is 9.00. The fourth-order valence-corrected chi connectivity index (χ4v) is 2.15. The summed E-state index contributed by atoms with van der Waals surface area (Å²) in [6.45, 7) is 1.43. The van der Waals surface area contributed by atoms with Crippen molar-refractivity contribution in [2.45, 2.75) is 19.3 Å². The third-order valence-corrected chi connectivity index (χ3v) is 3.20. The predicted molar refractivity (Wildman–Crippen MR) is 66.0 cm³/mol. The molecular formula is C13H18N2O2. The number of piperidine rings is 1. The predicted octanol–water partition coefficient (Wildman–Crippen LogP) is 1.87. The maximum Gasteiger partial charge on any atom is 0.255 e. The molecule has 17 heavy (non-hydrogen) atoms. The third kappa shape index (κ3) is 3.28. The highest BCUT2D eigenvalue weighted by Gasteiger charge is 2.21. The van der Waals surface area contributed by atoms with Crippen molar-refractivity contribution in [3.05, 3.63) is 41.1 Å². The first-order valence-electron chi connectivity index (χ1n) is 6.10. The number of amides is 1. The number of nitrogens with zero attached hydrogens (tertiary/aromatic N) is 1. The minimum absolute atomic E-state index is 0.162. The normalized spacial score (nSPS) is 18.6. The van der Waals surface area contributed by atoms with Gasteiger partial charge in [0.05, 0.1) is 13.1 Å². The Morgan fingerprint density at radius 2 is 1.82 bits per heavy atom. The first kappa shape index (κ1) is 12.1. The van der Waals surface area contributed by atoms with E-state index in [1.165, 1.54) is 0 Å². The molecule has 92 valence electrons. The van der Waals surface area contributed by atoms with Gasteiger partial charge < -0.3 is 15.2 Å². The first-order chi connectivity index (χ1) is 8.20. The van der Waals surface area contributed by atoms with Crippen molar-refractivity contribution < 1.29 is 9.44 Å². The summed E-state index contributed by atoms with van der Waals surface area (Å²) in [4.78, 5) is 11.8. The number of benzene rings is 1. The van der Waals surface area contributed by atoms with Crippen LogP contribution in [0.15, 0.2) is 30.3 Å². The molecular weight excluding hydrogens is 216 g/mol. The molecule has 0 aliphatic carbocycles. The SMILES string of the molecule is O=C(NC[N+]1([O-])CCCCC1)c1ccccc1. The molecule has 0 aromatic heterocycles. The highest BCUT2D eigenvalue weighted by atomic mass is 16.5. The van der Waals surface area contributed by atoms with Gasteiger partial charge in [-0.05, 0) is 31.4 Å². The summed E-state index contributed by atoms with van der Waals surface area (Å²) in [5.41, 5.74) is 0.608. The van der Waals surface area contributed by atoms with E-state index >= 15 is 0 Å². The lowest BCUT2D eigenvalue weighted by Gasteiger charge is -2.45. The second-order valence-electron chi connectivity index (χ2n) is 4.60. The topological polar surface area (TPSA) is 52.2 Å². The molecule has 4 heteroatoms. The summed E-state index contributed by atoms with van der Waals surface area (Å²) in [7, 11) is 0. The maximum absolute atomic E-state index is 12.2. The minimum Gasteiger partial charge on any atom is -0.631 e. The molecule has 0 bridgehead atoms. The Hall–Kier alpha value is -1.39. The average molecular weight is 234 g/mol. The van der Waals surface area contributed by atoms with Gasteiger partial charge in [-0.25, -0.2) is 0 Å². The van der Waals surface area contributed by atoms with Crippen molar-refractivity contribution in [3.8, 4) is 0 Å². The van der Waals surface area contributed by atoms with Crippen LogP contribution in [-0.4, -0.2) is 30.3 Å². The van der Waals surface area contributed by atoms with Crippen molar-refractivity contribution in [2.24, 2.45) is 0 Å². The number of carbonyl (C=O) groups excluding carboxylic acids is 1. The molecule has 1 aliphatic rings. The molecule has 1 aromatic carbocycles. The lowest BCUT2D eigenvalue weighted by molar-refractivity contribution is -0.887. The lowest BCUT2D eigenvalue weighted by Crippen LogP contribution is -2.52. The van der Waals surface area contributed by atoms with Crippen molar-refractivity contribution >= 4 is 5.91 Å². The van der Waals surface area contributed by atoms with E-state index in [4.69, 9.17) is 0 Å². The molecule has 0 spiro atoms. The summed E-state index contributed by atoms with van der Waals surface area (Å²) in [5.74, 6) is -0.162. The van der Waals surface area contributed by atoms with Gasteiger partial charge in [-0.3, -0.25) is 4.79 Å². The molecule has 4 nitrogen and oxygen atoms in total. The van der Waals surface area contributed by atoms with Crippen molar-refractivity contribution in [1.82, 2.24) is 5.32 Å². The molecule has 0 unspecified atom stereocenters. The fourth-order valence-electron chi connectivity index (χ4n) is 2.15. The van der Waals surface area contributed by atoms with Crippen LogP contribution in [0, 0.1) is 5.21 Å². The Labute approximate surface area is 101 Å². The van der Waals surface area contributed by atoms with E-state index in [9.17, 15) is 10.0 Å². The molecule has 1 N–H and O–H groups in total. The van der Waals surface area contributed by atoms with E-state index in [-0.39, 0.29) is 17.2 Å². The van der Waals surface area contributed by atoms with Crippen LogP contribution < -0.4 is 5.32 Å². The van der Waals surface area contributed by atoms with Crippen molar-refractivity contribution in [1.29, 1.82) is 0 Å². The second-order valence-corrected chi connectivity index (χ2v) is 4.60. The second kappa shape index (κ2) is 5.29. The van der Waals surface area contributed by atoms with Gasteiger partial charge in [-0.15, -0.1) is 0 Å². The molecule has 1 heterocycles. The van der Waals surface area contributed by atoms with Crippen LogP contribution in [0.4, 0.5) is 0 Å². The third-order valence-electron chi connectivity index (χ3n) is 3.20. The molecule has 1 aromatic rings. The van der Waals surface area contributed by atoms with Crippen molar-refractivity contribution in [3.63, 3.8) is 0 Å². The Morgan fingerprint density at radius 1 is 1.18 bits per heavy atom. The maximum atomic E-state index is 12.2. The summed E-state index contributed by atoms with van der Waals surface area (Å²) >= 11 is 0. The van der Waals surface area contributed by atoms with Crippen LogP contribution in [-0.2, 0) is 0 Å².